The Morgan fingerprint density at radius 1 is 1.24 bits per heavy atom. The maximum absolute atomic E-state index is 12.9. The van der Waals surface area contributed by atoms with E-state index in [1.807, 2.05) is 0 Å². The summed E-state index contributed by atoms with van der Waals surface area (Å²) in [6.07, 6.45) is 4.59. The molecule has 138 valence electrons. The van der Waals surface area contributed by atoms with Gasteiger partial charge in [0.05, 0.1) is 6.04 Å². The highest BCUT2D eigenvalue weighted by Gasteiger charge is 2.47. The monoisotopic (exact) mass is 343 g/mol. The molecular weight excluding hydrogens is 310 g/mol. The quantitative estimate of drug-likeness (QED) is 0.893. The molecule has 1 atom stereocenters. The van der Waals surface area contributed by atoms with Crippen molar-refractivity contribution in [3.8, 4) is 0 Å². The molecule has 2 heterocycles. The van der Waals surface area contributed by atoms with Crippen molar-refractivity contribution >= 4 is 5.91 Å². The van der Waals surface area contributed by atoms with Gasteiger partial charge in [-0.2, -0.15) is 0 Å². The molecule has 0 radical (unpaired) electrons. The number of likely N-dealkylation sites (tertiary alicyclic amines) is 2. The van der Waals surface area contributed by atoms with Gasteiger partial charge in [0.1, 0.15) is 0 Å². The summed E-state index contributed by atoms with van der Waals surface area (Å²) < 4.78 is 0. The van der Waals surface area contributed by atoms with Crippen LogP contribution in [-0.4, -0.2) is 55.0 Å². The van der Waals surface area contributed by atoms with E-state index < -0.39 is 0 Å². The van der Waals surface area contributed by atoms with Crippen LogP contribution in [0.25, 0.3) is 0 Å². The highest BCUT2D eigenvalue weighted by Crippen LogP contribution is 2.43. The lowest BCUT2D eigenvalue weighted by atomic mass is 9.76. The first kappa shape index (κ1) is 18.4. The maximum Gasteiger partial charge on any atom is 0.237 e. The third-order valence-electron chi connectivity index (χ3n) is 6.05. The second-order valence-electron chi connectivity index (χ2n) is 8.20. The first-order valence-electron chi connectivity index (χ1n) is 9.77. The predicted octanol–water partition coefficient (Wildman–Crippen LogP) is 2.81. The summed E-state index contributed by atoms with van der Waals surface area (Å²) in [5.41, 5.74) is 2.78. The molecule has 0 aromatic heterocycles. The fraction of sp³-hybridized carbons (Fsp3) is 0.667. The first-order chi connectivity index (χ1) is 12.0. The lowest BCUT2D eigenvalue weighted by molar-refractivity contribution is -0.125. The van der Waals surface area contributed by atoms with Crippen LogP contribution in [0.5, 0.6) is 0 Å². The molecule has 2 aliphatic heterocycles. The largest absolute Gasteiger partial charge is 0.351 e. The van der Waals surface area contributed by atoms with Gasteiger partial charge >= 0.3 is 0 Å². The molecule has 25 heavy (non-hydrogen) atoms. The number of nitrogens with one attached hydrogen (secondary N) is 1. The average molecular weight is 344 g/mol. The van der Waals surface area contributed by atoms with Gasteiger partial charge in [0.15, 0.2) is 0 Å². The third kappa shape index (κ3) is 4.42. The Labute approximate surface area is 152 Å². The summed E-state index contributed by atoms with van der Waals surface area (Å²) in [7, 11) is 2.21. The third-order valence-corrected chi connectivity index (χ3v) is 6.05. The number of amides is 1. The van der Waals surface area contributed by atoms with E-state index in [4.69, 9.17) is 0 Å². The van der Waals surface area contributed by atoms with Crippen LogP contribution in [0.4, 0.5) is 0 Å². The molecule has 2 saturated heterocycles. The van der Waals surface area contributed by atoms with Gasteiger partial charge in [-0.15, -0.1) is 0 Å². The van der Waals surface area contributed by atoms with Crippen LogP contribution in [0.1, 0.15) is 43.7 Å². The van der Waals surface area contributed by atoms with E-state index in [1.54, 1.807) is 0 Å². The standard InChI is InChI=1S/C21H33N3O/c1-4-11-24-16-21(9-12-23(3)13-10-21)14-19(24)20(25)22-15-18-7-5-17(2)6-8-18/h5-8,19H,4,9-16H2,1-3H3,(H,22,25)/t19-/m0/s1. The molecule has 1 aromatic carbocycles. The maximum atomic E-state index is 12.9. The summed E-state index contributed by atoms with van der Waals surface area (Å²) in [5.74, 6) is 0.213. The molecule has 1 amide bonds. The van der Waals surface area contributed by atoms with Crippen molar-refractivity contribution in [1.82, 2.24) is 15.1 Å². The predicted molar refractivity (Wildman–Crippen MR) is 102 cm³/mol. The first-order valence-corrected chi connectivity index (χ1v) is 9.77. The number of carbonyl (C=O) groups excluding carboxylic acids is 1. The zero-order valence-corrected chi connectivity index (χ0v) is 16.1. The van der Waals surface area contributed by atoms with E-state index in [0.29, 0.717) is 12.0 Å². The van der Waals surface area contributed by atoms with Crippen molar-refractivity contribution < 1.29 is 4.79 Å². The Balaban J connectivity index is 1.62. The number of piperidine rings is 1. The van der Waals surface area contributed by atoms with Crippen LogP contribution in [0.3, 0.4) is 0 Å². The molecule has 1 spiro atoms. The minimum Gasteiger partial charge on any atom is -0.351 e. The van der Waals surface area contributed by atoms with Gasteiger partial charge in [0.2, 0.25) is 5.91 Å². The van der Waals surface area contributed by atoms with Crippen molar-refractivity contribution in [2.24, 2.45) is 5.41 Å². The minimum absolute atomic E-state index is 0.0498. The molecular formula is C21H33N3O. The van der Waals surface area contributed by atoms with Crippen LogP contribution in [0, 0.1) is 12.3 Å². The smallest absolute Gasteiger partial charge is 0.237 e. The van der Waals surface area contributed by atoms with E-state index in [-0.39, 0.29) is 11.9 Å². The number of nitrogens with zero attached hydrogens (tertiary/aromatic N) is 2. The molecule has 1 N–H and O–H groups in total. The fourth-order valence-corrected chi connectivity index (χ4v) is 4.39. The van der Waals surface area contributed by atoms with Gasteiger partial charge in [-0.1, -0.05) is 36.8 Å². The topological polar surface area (TPSA) is 35.6 Å². The molecule has 4 heteroatoms. The van der Waals surface area contributed by atoms with E-state index in [2.05, 4.69) is 60.3 Å². The second kappa shape index (κ2) is 7.88. The molecule has 1 aromatic rings. The SMILES string of the molecule is CCCN1CC2(CCN(C)CC2)C[C@H]1C(=O)NCc1ccc(C)cc1. The molecule has 3 rings (SSSR count). The molecule has 0 saturated carbocycles. The van der Waals surface area contributed by atoms with E-state index in [1.165, 1.54) is 24.0 Å². The van der Waals surface area contributed by atoms with Crippen molar-refractivity contribution in [3.63, 3.8) is 0 Å². The number of carbonyl (C=O) groups is 1. The van der Waals surface area contributed by atoms with E-state index in [0.717, 1.165) is 39.0 Å². The highest BCUT2D eigenvalue weighted by atomic mass is 16.2. The Kier molecular flexibility index (Phi) is 5.80. The number of rotatable bonds is 5. The Bertz CT molecular complexity index is 575. The zero-order valence-electron chi connectivity index (χ0n) is 16.1. The van der Waals surface area contributed by atoms with Gasteiger partial charge in [0.25, 0.3) is 0 Å². The minimum atomic E-state index is 0.0498. The molecule has 2 aliphatic rings. The summed E-state index contributed by atoms with van der Waals surface area (Å²) in [6.45, 7) is 9.38. The fourth-order valence-electron chi connectivity index (χ4n) is 4.39. The Hall–Kier alpha value is -1.39. The van der Waals surface area contributed by atoms with Gasteiger partial charge in [-0.05, 0) is 70.3 Å². The van der Waals surface area contributed by atoms with Crippen LogP contribution in [-0.2, 0) is 11.3 Å². The average Bonchev–Trinajstić information content (AvgIpc) is 2.96. The molecule has 0 unspecified atom stereocenters. The Morgan fingerprint density at radius 3 is 2.56 bits per heavy atom. The van der Waals surface area contributed by atoms with Crippen molar-refractivity contribution in [1.29, 1.82) is 0 Å². The number of hydrogen-bond donors (Lipinski definition) is 1. The molecule has 2 fully saturated rings. The van der Waals surface area contributed by atoms with Crippen molar-refractivity contribution in [2.45, 2.75) is 52.1 Å². The van der Waals surface area contributed by atoms with E-state index >= 15 is 0 Å². The lowest BCUT2D eigenvalue weighted by Crippen LogP contribution is -2.43. The lowest BCUT2D eigenvalue weighted by Gasteiger charge is -2.37. The summed E-state index contributed by atoms with van der Waals surface area (Å²) in [4.78, 5) is 17.8. The van der Waals surface area contributed by atoms with Gasteiger partial charge in [0, 0.05) is 13.1 Å². The van der Waals surface area contributed by atoms with Crippen LogP contribution < -0.4 is 5.32 Å². The van der Waals surface area contributed by atoms with Crippen molar-refractivity contribution in [2.75, 3.05) is 33.2 Å². The molecule has 4 nitrogen and oxygen atoms in total. The summed E-state index contributed by atoms with van der Waals surface area (Å²) in [5, 5.41) is 3.19. The van der Waals surface area contributed by atoms with Crippen LogP contribution in [0.15, 0.2) is 24.3 Å². The van der Waals surface area contributed by atoms with Crippen LogP contribution >= 0.6 is 0 Å². The number of aryl methyl sites for hydroxylation is 1. The Morgan fingerprint density at radius 2 is 1.92 bits per heavy atom. The normalized spacial score (nSPS) is 23.9. The highest BCUT2D eigenvalue weighted by molar-refractivity contribution is 5.82. The van der Waals surface area contributed by atoms with Crippen LogP contribution in [0.2, 0.25) is 0 Å². The van der Waals surface area contributed by atoms with Crippen molar-refractivity contribution in [3.05, 3.63) is 35.4 Å². The van der Waals surface area contributed by atoms with Gasteiger partial charge in [-0.25, -0.2) is 0 Å². The molecule has 0 bridgehead atoms. The zero-order chi connectivity index (χ0) is 17.9. The van der Waals surface area contributed by atoms with Gasteiger partial charge in [-0.3, -0.25) is 9.69 Å². The second-order valence-corrected chi connectivity index (χ2v) is 8.20. The summed E-state index contributed by atoms with van der Waals surface area (Å²) >= 11 is 0. The molecule has 0 aliphatic carbocycles. The van der Waals surface area contributed by atoms with Gasteiger partial charge < -0.3 is 10.2 Å². The number of hydrogen-bond acceptors (Lipinski definition) is 3. The van der Waals surface area contributed by atoms with E-state index in [9.17, 15) is 4.79 Å². The number of benzene rings is 1. The summed E-state index contributed by atoms with van der Waals surface area (Å²) in [6, 6.07) is 8.47.